The average Bonchev–Trinajstić information content (AvgIpc) is 3.32. The van der Waals surface area contributed by atoms with Gasteiger partial charge in [0.1, 0.15) is 11.3 Å². The van der Waals surface area contributed by atoms with Crippen molar-refractivity contribution < 1.29 is 9.53 Å². The summed E-state index contributed by atoms with van der Waals surface area (Å²) in [7, 11) is 3.52. The lowest BCUT2D eigenvalue weighted by Crippen LogP contribution is -2.49. The zero-order valence-corrected chi connectivity index (χ0v) is 13.4. The molecule has 1 amide bonds. The first-order valence-corrected chi connectivity index (χ1v) is 7.50. The van der Waals surface area contributed by atoms with Crippen molar-refractivity contribution in [3.63, 3.8) is 0 Å². The number of nitriles is 1. The summed E-state index contributed by atoms with van der Waals surface area (Å²) < 4.78 is 5.20. The Morgan fingerprint density at radius 1 is 1.55 bits per heavy atom. The van der Waals surface area contributed by atoms with Crippen LogP contribution >= 0.6 is 0 Å². The molecule has 2 rings (SSSR count). The van der Waals surface area contributed by atoms with Crippen molar-refractivity contribution in [3.8, 4) is 11.8 Å². The predicted octanol–water partition coefficient (Wildman–Crippen LogP) is 1.94. The number of rotatable bonds is 7. The van der Waals surface area contributed by atoms with Crippen LogP contribution in [0.15, 0.2) is 24.3 Å². The third-order valence-electron chi connectivity index (χ3n) is 4.03. The summed E-state index contributed by atoms with van der Waals surface area (Å²) in [6, 6.07) is 10.0. The fourth-order valence-corrected chi connectivity index (χ4v) is 2.59. The molecule has 5 nitrogen and oxygen atoms in total. The van der Waals surface area contributed by atoms with E-state index < -0.39 is 5.54 Å². The Labute approximate surface area is 131 Å². The van der Waals surface area contributed by atoms with Crippen molar-refractivity contribution >= 4 is 5.91 Å². The van der Waals surface area contributed by atoms with Gasteiger partial charge in [-0.15, -0.1) is 0 Å². The lowest BCUT2D eigenvalue weighted by Gasteiger charge is -2.25. The molecule has 1 aromatic carbocycles. The average molecular weight is 301 g/mol. The SMILES string of the molecule is COc1cccc(CN(C)CC(=O)N[C@](C)(C#N)C2CC2)c1. The molecule has 1 aromatic rings. The van der Waals surface area contributed by atoms with Crippen LogP contribution in [0, 0.1) is 17.2 Å². The zero-order valence-electron chi connectivity index (χ0n) is 13.4. The predicted molar refractivity (Wildman–Crippen MR) is 84.2 cm³/mol. The molecular formula is C17H23N3O2. The maximum absolute atomic E-state index is 12.1. The maximum Gasteiger partial charge on any atom is 0.235 e. The van der Waals surface area contributed by atoms with Crippen LogP contribution in [0.1, 0.15) is 25.3 Å². The van der Waals surface area contributed by atoms with Crippen LogP contribution in [-0.2, 0) is 11.3 Å². The molecule has 1 fully saturated rings. The first-order chi connectivity index (χ1) is 10.5. The van der Waals surface area contributed by atoms with Gasteiger partial charge in [-0.25, -0.2) is 0 Å². The quantitative estimate of drug-likeness (QED) is 0.836. The summed E-state index contributed by atoms with van der Waals surface area (Å²) in [5, 5.41) is 12.2. The molecule has 1 aliphatic carbocycles. The van der Waals surface area contributed by atoms with Crippen LogP contribution in [0.5, 0.6) is 5.75 Å². The first-order valence-electron chi connectivity index (χ1n) is 7.50. The van der Waals surface area contributed by atoms with Gasteiger partial charge in [0.05, 0.1) is 19.7 Å². The van der Waals surface area contributed by atoms with Crippen molar-refractivity contribution in [2.24, 2.45) is 5.92 Å². The van der Waals surface area contributed by atoms with Crippen LogP contribution < -0.4 is 10.1 Å². The maximum atomic E-state index is 12.1. The number of likely N-dealkylation sites (N-methyl/N-ethyl adjacent to an activating group) is 1. The van der Waals surface area contributed by atoms with E-state index in [4.69, 9.17) is 4.74 Å². The molecule has 1 saturated carbocycles. The minimum atomic E-state index is -0.728. The normalized spacial score (nSPS) is 16.7. The molecule has 0 bridgehead atoms. The van der Waals surface area contributed by atoms with Crippen molar-refractivity contribution in [3.05, 3.63) is 29.8 Å². The zero-order chi connectivity index (χ0) is 16.2. The van der Waals surface area contributed by atoms with Gasteiger partial charge < -0.3 is 10.1 Å². The van der Waals surface area contributed by atoms with Gasteiger partial charge in [0.15, 0.2) is 0 Å². The number of amides is 1. The van der Waals surface area contributed by atoms with E-state index in [0.29, 0.717) is 12.5 Å². The van der Waals surface area contributed by atoms with E-state index in [1.54, 1.807) is 7.11 Å². The molecule has 0 aromatic heterocycles. The minimum absolute atomic E-state index is 0.110. The summed E-state index contributed by atoms with van der Waals surface area (Å²) in [6.45, 7) is 2.73. The fraction of sp³-hybridized carbons (Fsp3) is 0.529. The third kappa shape index (κ3) is 4.22. The van der Waals surface area contributed by atoms with E-state index in [2.05, 4.69) is 11.4 Å². The highest BCUT2D eigenvalue weighted by Crippen LogP contribution is 2.39. The number of carbonyl (C=O) groups excluding carboxylic acids is 1. The van der Waals surface area contributed by atoms with Gasteiger partial charge >= 0.3 is 0 Å². The molecule has 5 heteroatoms. The number of benzene rings is 1. The number of hydrogen-bond donors (Lipinski definition) is 1. The van der Waals surface area contributed by atoms with E-state index in [-0.39, 0.29) is 12.5 Å². The van der Waals surface area contributed by atoms with Gasteiger partial charge in [0.2, 0.25) is 5.91 Å². The summed E-state index contributed by atoms with van der Waals surface area (Å²) in [5.74, 6) is 0.993. The number of hydrogen-bond acceptors (Lipinski definition) is 4. The molecule has 0 spiro atoms. The molecule has 22 heavy (non-hydrogen) atoms. The fourth-order valence-electron chi connectivity index (χ4n) is 2.59. The molecule has 0 radical (unpaired) electrons. The molecule has 0 unspecified atom stereocenters. The van der Waals surface area contributed by atoms with Gasteiger partial charge in [0, 0.05) is 6.54 Å². The molecular weight excluding hydrogens is 278 g/mol. The molecule has 118 valence electrons. The van der Waals surface area contributed by atoms with Crippen molar-refractivity contribution in [2.45, 2.75) is 31.8 Å². The largest absolute Gasteiger partial charge is 0.497 e. The molecule has 0 saturated heterocycles. The van der Waals surface area contributed by atoms with Crippen LogP contribution in [0.2, 0.25) is 0 Å². The molecule has 1 atom stereocenters. The molecule has 0 heterocycles. The van der Waals surface area contributed by atoms with Gasteiger partial charge in [-0.1, -0.05) is 12.1 Å². The summed E-state index contributed by atoms with van der Waals surface area (Å²) >= 11 is 0. The third-order valence-corrected chi connectivity index (χ3v) is 4.03. The Kier molecular flexibility index (Phi) is 5.04. The smallest absolute Gasteiger partial charge is 0.235 e. The highest BCUT2D eigenvalue weighted by atomic mass is 16.5. The van der Waals surface area contributed by atoms with Gasteiger partial charge in [-0.2, -0.15) is 5.26 Å². The van der Waals surface area contributed by atoms with E-state index in [0.717, 1.165) is 24.2 Å². The minimum Gasteiger partial charge on any atom is -0.497 e. The van der Waals surface area contributed by atoms with Gasteiger partial charge in [-0.3, -0.25) is 9.69 Å². The lowest BCUT2D eigenvalue weighted by atomic mass is 9.98. The van der Waals surface area contributed by atoms with Crippen molar-refractivity contribution in [1.82, 2.24) is 10.2 Å². The van der Waals surface area contributed by atoms with Crippen LogP contribution in [0.25, 0.3) is 0 Å². The Morgan fingerprint density at radius 2 is 2.27 bits per heavy atom. The summed E-state index contributed by atoms with van der Waals surface area (Å²) in [6.07, 6.45) is 2.04. The van der Waals surface area contributed by atoms with Crippen LogP contribution in [0.4, 0.5) is 0 Å². The number of nitrogens with zero attached hydrogens (tertiary/aromatic N) is 2. The number of methoxy groups -OCH3 is 1. The van der Waals surface area contributed by atoms with Crippen molar-refractivity contribution in [1.29, 1.82) is 5.26 Å². The van der Waals surface area contributed by atoms with Gasteiger partial charge in [0.25, 0.3) is 0 Å². The summed E-state index contributed by atoms with van der Waals surface area (Å²) in [4.78, 5) is 14.1. The Morgan fingerprint density at radius 3 is 2.86 bits per heavy atom. The van der Waals surface area contributed by atoms with Crippen LogP contribution in [-0.4, -0.2) is 37.0 Å². The number of ether oxygens (including phenoxy) is 1. The van der Waals surface area contributed by atoms with Gasteiger partial charge in [-0.05, 0) is 50.4 Å². The lowest BCUT2D eigenvalue weighted by molar-refractivity contribution is -0.123. The van der Waals surface area contributed by atoms with E-state index in [1.807, 2.05) is 43.1 Å². The molecule has 0 aliphatic heterocycles. The molecule has 1 N–H and O–H groups in total. The highest BCUT2D eigenvalue weighted by molar-refractivity contribution is 5.79. The van der Waals surface area contributed by atoms with E-state index >= 15 is 0 Å². The first kappa shape index (κ1) is 16.3. The van der Waals surface area contributed by atoms with Crippen LogP contribution in [0.3, 0.4) is 0 Å². The van der Waals surface area contributed by atoms with Crippen molar-refractivity contribution in [2.75, 3.05) is 20.7 Å². The number of carbonyl (C=O) groups is 1. The van der Waals surface area contributed by atoms with E-state index in [9.17, 15) is 10.1 Å². The summed E-state index contributed by atoms with van der Waals surface area (Å²) in [5.41, 5.74) is 0.355. The highest BCUT2D eigenvalue weighted by Gasteiger charge is 2.42. The molecule has 1 aliphatic rings. The second-order valence-corrected chi connectivity index (χ2v) is 6.16. The van der Waals surface area contributed by atoms with E-state index in [1.165, 1.54) is 0 Å². The topological polar surface area (TPSA) is 65.4 Å². The Balaban J connectivity index is 1.87. The Hall–Kier alpha value is -2.06. The Bertz CT molecular complexity index is 578. The number of nitrogens with one attached hydrogen (secondary N) is 1. The second-order valence-electron chi connectivity index (χ2n) is 6.16. The second kappa shape index (κ2) is 6.80. The monoisotopic (exact) mass is 301 g/mol. The standard InChI is InChI=1S/C17H23N3O2/c1-17(12-18,14-7-8-14)19-16(21)11-20(2)10-13-5-4-6-15(9-13)22-3/h4-6,9,14H,7-8,10-11H2,1-3H3,(H,19,21)/t17-/m1/s1.